The minimum absolute atomic E-state index is 0.331. The maximum Gasteiger partial charge on any atom is 0.338 e. The summed E-state index contributed by atoms with van der Waals surface area (Å²) in [6.07, 6.45) is 3.49. The fourth-order valence-electron chi connectivity index (χ4n) is 2.42. The van der Waals surface area contributed by atoms with E-state index in [2.05, 4.69) is 13.2 Å². The first-order chi connectivity index (χ1) is 12.2. The fraction of sp³-hybridized carbons (Fsp3) is 0.190. The number of rotatable bonds is 9. The van der Waals surface area contributed by atoms with Crippen molar-refractivity contribution in [2.75, 3.05) is 24.7 Å². The lowest BCUT2D eigenvalue weighted by Crippen LogP contribution is -2.18. The summed E-state index contributed by atoms with van der Waals surface area (Å²) in [5.41, 5.74) is 2.23. The average Bonchev–Trinajstić information content (AvgIpc) is 2.65. The molecule has 0 unspecified atom stereocenters. The van der Waals surface area contributed by atoms with E-state index in [1.165, 1.54) is 0 Å². The van der Waals surface area contributed by atoms with Crippen LogP contribution < -0.4 is 9.64 Å². The molecule has 0 aliphatic heterocycles. The van der Waals surface area contributed by atoms with E-state index in [0.717, 1.165) is 11.4 Å². The lowest BCUT2D eigenvalue weighted by atomic mass is 10.1. The van der Waals surface area contributed by atoms with Gasteiger partial charge >= 0.3 is 5.97 Å². The predicted molar refractivity (Wildman–Crippen MR) is 102 cm³/mol. The summed E-state index contributed by atoms with van der Waals surface area (Å²) in [5, 5.41) is 0. The molecular weight excluding hydrogens is 314 g/mol. The van der Waals surface area contributed by atoms with E-state index in [1.54, 1.807) is 37.3 Å². The number of carbonyl (C=O) groups is 1. The smallest absolute Gasteiger partial charge is 0.338 e. The van der Waals surface area contributed by atoms with Gasteiger partial charge in [-0.25, -0.2) is 4.79 Å². The molecule has 2 aromatic rings. The Balaban J connectivity index is 2.51. The van der Waals surface area contributed by atoms with Gasteiger partial charge in [-0.3, -0.25) is 0 Å². The maximum absolute atomic E-state index is 12.1. The van der Waals surface area contributed by atoms with Crippen molar-refractivity contribution < 1.29 is 14.3 Å². The Morgan fingerprint density at radius 3 is 2.52 bits per heavy atom. The van der Waals surface area contributed by atoms with Crippen molar-refractivity contribution in [3.63, 3.8) is 0 Å². The van der Waals surface area contributed by atoms with E-state index in [4.69, 9.17) is 9.47 Å². The van der Waals surface area contributed by atoms with Gasteiger partial charge < -0.3 is 14.4 Å². The van der Waals surface area contributed by atoms with Crippen molar-refractivity contribution in [1.82, 2.24) is 0 Å². The zero-order chi connectivity index (χ0) is 18.1. The number of anilines is 2. The highest BCUT2D eigenvalue weighted by Gasteiger charge is 2.17. The Morgan fingerprint density at radius 2 is 1.88 bits per heavy atom. The number of para-hydroxylation sites is 1. The number of nitrogens with zero attached hydrogens (tertiary/aromatic N) is 1. The molecule has 0 amide bonds. The van der Waals surface area contributed by atoms with Crippen molar-refractivity contribution in [2.45, 2.75) is 6.92 Å². The summed E-state index contributed by atoms with van der Waals surface area (Å²) < 4.78 is 10.9. The lowest BCUT2D eigenvalue weighted by molar-refractivity contribution is 0.0526. The third-order valence-corrected chi connectivity index (χ3v) is 3.50. The lowest BCUT2D eigenvalue weighted by Gasteiger charge is -2.26. The summed E-state index contributed by atoms with van der Waals surface area (Å²) in [5.74, 6) is 0.310. The van der Waals surface area contributed by atoms with Crippen LogP contribution in [0, 0.1) is 0 Å². The number of ether oxygens (including phenoxy) is 2. The van der Waals surface area contributed by atoms with Crippen molar-refractivity contribution in [1.29, 1.82) is 0 Å². The molecule has 0 aliphatic rings. The van der Waals surface area contributed by atoms with Crippen LogP contribution in [-0.4, -0.2) is 25.7 Å². The number of hydrogen-bond donors (Lipinski definition) is 0. The minimum Gasteiger partial charge on any atom is -0.487 e. The molecule has 2 rings (SSSR count). The number of carbonyl (C=O) groups excluding carboxylic acids is 1. The van der Waals surface area contributed by atoms with Crippen molar-refractivity contribution >= 4 is 17.3 Å². The van der Waals surface area contributed by atoms with Gasteiger partial charge in [0.25, 0.3) is 0 Å². The summed E-state index contributed by atoms with van der Waals surface area (Å²) >= 11 is 0. The van der Waals surface area contributed by atoms with Crippen LogP contribution in [-0.2, 0) is 4.74 Å². The monoisotopic (exact) mass is 337 g/mol. The molecule has 25 heavy (non-hydrogen) atoms. The molecule has 0 aliphatic carbocycles. The van der Waals surface area contributed by atoms with Gasteiger partial charge in [-0.05, 0) is 37.3 Å². The zero-order valence-corrected chi connectivity index (χ0v) is 14.5. The first-order valence-corrected chi connectivity index (χ1v) is 8.19. The van der Waals surface area contributed by atoms with Crippen molar-refractivity contribution in [2.24, 2.45) is 0 Å². The van der Waals surface area contributed by atoms with Gasteiger partial charge in [-0.2, -0.15) is 0 Å². The quantitative estimate of drug-likeness (QED) is 0.489. The van der Waals surface area contributed by atoms with Gasteiger partial charge in [-0.1, -0.05) is 36.9 Å². The number of hydrogen-bond acceptors (Lipinski definition) is 4. The van der Waals surface area contributed by atoms with E-state index in [1.807, 2.05) is 35.2 Å². The van der Waals surface area contributed by atoms with Crippen LogP contribution in [0.15, 0.2) is 73.8 Å². The van der Waals surface area contributed by atoms with E-state index in [9.17, 15) is 4.79 Å². The molecule has 0 atom stereocenters. The van der Waals surface area contributed by atoms with Gasteiger partial charge in [0.2, 0.25) is 0 Å². The molecule has 0 saturated heterocycles. The highest BCUT2D eigenvalue weighted by Crippen LogP contribution is 2.35. The minimum atomic E-state index is -0.356. The SMILES string of the molecule is C=CCOc1ccc(C(=O)OCC)cc1N(CC=C)c1ccccc1. The van der Waals surface area contributed by atoms with Gasteiger partial charge in [0.1, 0.15) is 12.4 Å². The maximum atomic E-state index is 12.1. The first-order valence-electron chi connectivity index (χ1n) is 8.19. The van der Waals surface area contributed by atoms with E-state index in [-0.39, 0.29) is 5.97 Å². The van der Waals surface area contributed by atoms with E-state index in [0.29, 0.717) is 31.1 Å². The Kier molecular flexibility index (Phi) is 6.84. The molecule has 0 radical (unpaired) electrons. The van der Waals surface area contributed by atoms with Gasteiger partial charge in [0.15, 0.2) is 0 Å². The summed E-state index contributed by atoms with van der Waals surface area (Å²) in [6, 6.07) is 15.2. The summed E-state index contributed by atoms with van der Waals surface area (Å²) in [7, 11) is 0. The molecule has 130 valence electrons. The van der Waals surface area contributed by atoms with Crippen LogP contribution in [0.5, 0.6) is 5.75 Å². The second kappa shape index (κ2) is 9.33. The Morgan fingerprint density at radius 1 is 1.12 bits per heavy atom. The third-order valence-electron chi connectivity index (χ3n) is 3.50. The summed E-state index contributed by atoms with van der Waals surface area (Å²) in [4.78, 5) is 14.2. The van der Waals surface area contributed by atoms with Crippen molar-refractivity contribution in [3.8, 4) is 5.75 Å². The Labute approximate surface area is 149 Å². The third kappa shape index (κ3) is 4.73. The van der Waals surface area contributed by atoms with E-state index >= 15 is 0 Å². The molecular formula is C21H23NO3. The Bertz CT molecular complexity index is 725. The molecule has 0 saturated carbocycles. The van der Waals surface area contributed by atoms with Crippen LogP contribution in [0.2, 0.25) is 0 Å². The second-order valence-corrected chi connectivity index (χ2v) is 5.24. The van der Waals surface area contributed by atoms with Gasteiger partial charge in [0, 0.05) is 12.2 Å². The van der Waals surface area contributed by atoms with Crippen LogP contribution in [0.25, 0.3) is 0 Å². The largest absolute Gasteiger partial charge is 0.487 e. The van der Waals surface area contributed by atoms with Crippen LogP contribution in [0.3, 0.4) is 0 Å². The zero-order valence-electron chi connectivity index (χ0n) is 14.5. The molecule has 0 spiro atoms. The molecule has 0 fully saturated rings. The molecule has 0 N–H and O–H groups in total. The molecule has 4 nitrogen and oxygen atoms in total. The number of benzene rings is 2. The molecule has 0 aromatic heterocycles. The predicted octanol–water partition coefficient (Wildman–Crippen LogP) is 4.75. The number of esters is 1. The normalized spacial score (nSPS) is 9.96. The first kappa shape index (κ1) is 18.3. The van der Waals surface area contributed by atoms with E-state index < -0.39 is 0 Å². The van der Waals surface area contributed by atoms with Crippen LogP contribution in [0.1, 0.15) is 17.3 Å². The fourth-order valence-corrected chi connectivity index (χ4v) is 2.42. The summed E-state index contributed by atoms with van der Waals surface area (Å²) in [6.45, 7) is 10.6. The van der Waals surface area contributed by atoms with Gasteiger partial charge in [-0.15, -0.1) is 6.58 Å². The highest BCUT2D eigenvalue weighted by molar-refractivity contribution is 5.91. The topological polar surface area (TPSA) is 38.8 Å². The van der Waals surface area contributed by atoms with Crippen LogP contribution in [0.4, 0.5) is 11.4 Å². The standard InChI is InChI=1S/C21H23NO3/c1-4-14-22(18-10-8-7-9-11-18)19-16-17(21(23)24-6-3)12-13-20(19)25-15-5-2/h4-5,7-13,16H,1-2,6,14-15H2,3H3. The molecule has 4 heteroatoms. The second-order valence-electron chi connectivity index (χ2n) is 5.24. The average molecular weight is 337 g/mol. The highest BCUT2D eigenvalue weighted by atomic mass is 16.5. The molecule has 0 heterocycles. The molecule has 0 bridgehead atoms. The molecule has 2 aromatic carbocycles. The Hall–Kier alpha value is -3.01. The van der Waals surface area contributed by atoms with Crippen molar-refractivity contribution in [3.05, 3.63) is 79.4 Å². The van der Waals surface area contributed by atoms with Gasteiger partial charge in [0.05, 0.1) is 17.9 Å². The van der Waals surface area contributed by atoms with Crippen LogP contribution >= 0.6 is 0 Å².